The Bertz CT molecular complexity index is 672. The van der Waals surface area contributed by atoms with Gasteiger partial charge in [-0.15, -0.1) is 0 Å². The van der Waals surface area contributed by atoms with Gasteiger partial charge in [-0.25, -0.2) is 0 Å². The quantitative estimate of drug-likeness (QED) is 0.947. The molecule has 0 aliphatic carbocycles. The van der Waals surface area contributed by atoms with Crippen LogP contribution in [0.2, 0.25) is 5.02 Å². The molecule has 22 heavy (non-hydrogen) atoms. The summed E-state index contributed by atoms with van der Waals surface area (Å²) in [5, 5.41) is 0.790. The van der Waals surface area contributed by atoms with Crippen LogP contribution >= 0.6 is 11.6 Å². The smallest absolute Gasteiger partial charge is 0.240 e. The first-order valence-corrected chi connectivity index (χ1v) is 7.87. The van der Waals surface area contributed by atoms with Gasteiger partial charge in [0.05, 0.1) is 6.04 Å². The Morgan fingerprint density at radius 1 is 1.18 bits per heavy atom. The van der Waals surface area contributed by atoms with Gasteiger partial charge < -0.3 is 10.6 Å². The molecule has 3 rings (SSSR count). The van der Waals surface area contributed by atoms with Gasteiger partial charge in [-0.05, 0) is 35.6 Å². The van der Waals surface area contributed by atoms with Gasteiger partial charge >= 0.3 is 0 Å². The zero-order chi connectivity index (χ0) is 15.5. The second-order valence-electron chi connectivity index (χ2n) is 5.68. The molecule has 2 aromatic rings. The van der Waals surface area contributed by atoms with Crippen LogP contribution in [-0.4, -0.2) is 23.4 Å². The fourth-order valence-corrected chi connectivity index (χ4v) is 3.23. The maximum absolute atomic E-state index is 12.6. The average molecular weight is 315 g/mol. The summed E-state index contributed by atoms with van der Waals surface area (Å²) in [4.78, 5) is 14.4. The number of carbonyl (C=O) groups is 1. The largest absolute Gasteiger partial charge is 0.337 e. The molecule has 0 saturated heterocycles. The lowest BCUT2D eigenvalue weighted by Crippen LogP contribution is -2.46. The summed E-state index contributed by atoms with van der Waals surface area (Å²) in [5.41, 5.74) is 9.48. The van der Waals surface area contributed by atoms with Gasteiger partial charge in [0.25, 0.3) is 0 Å². The molecule has 0 unspecified atom stereocenters. The zero-order valence-electron chi connectivity index (χ0n) is 12.3. The molecular formula is C18H19ClN2O. The van der Waals surface area contributed by atoms with Gasteiger partial charge in [-0.3, -0.25) is 4.79 Å². The molecular weight excluding hydrogens is 296 g/mol. The number of nitrogens with zero attached hydrogens (tertiary/aromatic N) is 1. The van der Waals surface area contributed by atoms with E-state index in [2.05, 4.69) is 0 Å². The van der Waals surface area contributed by atoms with Crippen molar-refractivity contribution in [1.82, 2.24) is 4.90 Å². The van der Waals surface area contributed by atoms with E-state index in [0.717, 1.165) is 28.1 Å². The Hall–Kier alpha value is -1.84. The summed E-state index contributed by atoms with van der Waals surface area (Å²) in [6, 6.07) is 15.3. The molecule has 1 heterocycles. The Morgan fingerprint density at radius 3 is 2.73 bits per heavy atom. The molecule has 1 aliphatic rings. The first-order valence-electron chi connectivity index (χ1n) is 7.49. The molecule has 0 aromatic heterocycles. The van der Waals surface area contributed by atoms with Crippen LogP contribution in [0.1, 0.15) is 16.7 Å². The van der Waals surface area contributed by atoms with Gasteiger partial charge in [0.15, 0.2) is 0 Å². The highest BCUT2D eigenvalue weighted by Gasteiger charge is 2.25. The van der Waals surface area contributed by atoms with E-state index in [4.69, 9.17) is 17.3 Å². The maximum Gasteiger partial charge on any atom is 0.240 e. The average Bonchev–Trinajstić information content (AvgIpc) is 2.55. The SMILES string of the molecule is N[C@@H](Cc1ccccc1)C(=O)N1CCc2c(Cl)cccc2C1. The molecule has 3 nitrogen and oxygen atoms in total. The molecule has 1 amide bonds. The summed E-state index contributed by atoms with van der Waals surface area (Å²) < 4.78 is 0. The minimum atomic E-state index is -0.497. The van der Waals surface area contributed by atoms with Gasteiger partial charge in [-0.2, -0.15) is 0 Å². The molecule has 4 heteroatoms. The van der Waals surface area contributed by atoms with Crippen molar-refractivity contribution in [3.63, 3.8) is 0 Å². The van der Waals surface area contributed by atoms with E-state index >= 15 is 0 Å². The Kier molecular flexibility index (Phi) is 4.46. The summed E-state index contributed by atoms with van der Waals surface area (Å²) in [5.74, 6) is 0.00878. The Morgan fingerprint density at radius 2 is 1.95 bits per heavy atom. The third kappa shape index (κ3) is 3.16. The van der Waals surface area contributed by atoms with Crippen LogP contribution in [0.5, 0.6) is 0 Å². The maximum atomic E-state index is 12.6. The van der Waals surface area contributed by atoms with Crippen molar-refractivity contribution < 1.29 is 4.79 Å². The van der Waals surface area contributed by atoms with Crippen molar-refractivity contribution in [2.45, 2.75) is 25.4 Å². The molecule has 2 aromatic carbocycles. The van der Waals surface area contributed by atoms with E-state index in [1.807, 2.05) is 53.4 Å². The standard InChI is InChI=1S/C18H19ClN2O/c19-16-8-4-7-14-12-21(10-9-15(14)16)18(22)17(20)11-13-5-2-1-3-6-13/h1-8,17H,9-12,20H2/t17-/m0/s1. The van der Waals surface area contributed by atoms with Crippen molar-refractivity contribution in [3.8, 4) is 0 Å². The summed E-state index contributed by atoms with van der Waals surface area (Å²) >= 11 is 6.21. The van der Waals surface area contributed by atoms with Gasteiger partial charge in [-0.1, -0.05) is 54.1 Å². The molecule has 1 aliphatic heterocycles. The lowest BCUT2D eigenvalue weighted by molar-refractivity contribution is -0.133. The molecule has 1 atom stereocenters. The molecule has 0 bridgehead atoms. The second kappa shape index (κ2) is 6.51. The second-order valence-corrected chi connectivity index (χ2v) is 6.09. The Labute approximate surface area is 135 Å². The van der Waals surface area contributed by atoms with Gasteiger partial charge in [0.2, 0.25) is 5.91 Å². The number of nitrogens with two attached hydrogens (primary N) is 1. The van der Waals surface area contributed by atoms with Crippen molar-refractivity contribution in [1.29, 1.82) is 0 Å². The number of halogens is 1. The van der Waals surface area contributed by atoms with E-state index in [-0.39, 0.29) is 5.91 Å². The molecule has 114 valence electrons. The highest BCUT2D eigenvalue weighted by Crippen LogP contribution is 2.26. The number of hydrogen-bond donors (Lipinski definition) is 1. The van der Waals surface area contributed by atoms with Crippen molar-refractivity contribution >= 4 is 17.5 Å². The number of hydrogen-bond acceptors (Lipinski definition) is 2. The van der Waals surface area contributed by atoms with E-state index in [1.54, 1.807) is 0 Å². The predicted octanol–water partition coefficient (Wildman–Crippen LogP) is 2.79. The lowest BCUT2D eigenvalue weighted by atomic mass is 9.98. The van der Waals surface area contributed by atoms with Gasteiger partial charge in [0.1, 0.15) is 0 Å². The molecule has 0 radical (unpaired) electrons. The molecule has 0 saturated carbocycles. The fraction of sp³-hybridized carbons (Fsp3) is 0.278. The zero-order valence-corrected chi connectivity index (χ0v) is 13.1. The summed E-state index contributed by atoms with van der Waals surface area (Å²) in [6.07, 6.45) is 1.36. The summed E-state index contributed by atoms with van der Waals surface area (Å²) in [7, 11) is 0. The molecule has 2 N–H and O–H groups in total. The highest BCUT2D eigenvalue weighted by atomic mass is 35.5. The van der Waals surface area contributed by atoms with E-state index in [0.29, 0.717) is 19.5 Å². The fourth-order valence-electron chi connectivity index (χ4n) is 2.94. The lowest BCUT2D eigenvalue weighted by Gasteiger charge is -2.31. The number of rotatable bonds is 3. The van der Waals surface area contributed by atoms with E-state index < -0.39 is 6.04 Å². The number of fused-ring (bicyclic) bond motifs is 1. The highest BCUT2D eigenvalue weighted by molar-refractivity contribution is 6.31. The van der Waals surface area contributed by atoms with Crippen LogP contribution in [0.25, 0.3) is 0 Å². The van der Waals surface area contributed by atoms with Crippen LogP contribution in [0, 0.1) is 0 Å². The van der Waals surface area contributed by atoms with Crippen LogP contribution in [-0.2, 0) is 24.2 Å². The first kappa shape index (κ1) is 15.1. The van der Waals surface area contributed by atoms with Crippen LogP contribution in [0.15, 0.2) is 48.5 Å². The Balaban J connectivity index is 1.68. The van der Waals surface area contributed by atoms with Crippen molar-refractivity contribution in [3.05, 3.63) is 70.2 Å². The van der Waals surface area contributed by atoms with Crippen LogP contribution in [0.4, 0.5) is 0 Å². The summed E-state index contributed by atoms with van der Waals surface area (Å²) in [6.45, 7) is 1.27. The van der Waals surface area contributed by atoms with Crippen molar-refractivity contribution in [2.24, 2.45) is 5.73 Å². The topological polar surface area (TPSA) is 46.3 Å². The number of carbonyl (C=O) groups excluding carboxylic acids is 1. The molecule has 0 spiro atoms. The van der Waals surface area contributed by atoms with Crippen LogP contribution in [0.3, 0.4) is 0 Å². The third-order valence-corrected chi connectivity index (χ3v) is 4.49. The third-order valence-electron chi connectivity index (χ3n) is 4.14. The van der Waals surface area contributed by atoms with E-state index in [1.165, 1.54) is 0 Å². The van der Waals surface area contributed by atoms with Crippen molar-refractivity contribution in [2.75, 3.05) is 6.54 Å². The minimum absolute atomic E-state index is 0.00878. The minimum Gasteiger partial charge on any atom is -0.337 e. The number of benzene rings is 2. The molecule has 0 fully saturated rings. The van der Waals surface area contributed by atoms with Crippen LogP contribution < -0.4 is 5.73 Å². The van der Waals surface area contributed by atoms with E-state index in [9.17, 15) is 4.79 Å². The van der Waals surface area contributed by atoms with Gasteiger partial charge in [0, 0.05) is 18.1 Å². The predicted molar refractivity (Wildman–Crippen MR) is 88.7 cm³/mol. The number of amides is 1. The normalized spacial score (nSPS) is 15.3. The first-order chi connectivity index (χ1) is 10.6. The monoisotopic (exact) mass is 314 g/mol.